The van der Waals surface area contributed by atoms with E-state index in [9.17, 15) is 4.79 Å². The van der Waals surface area contributed by atoms with Crippen molar-refractivity contribution in [2.24, 2.45) is 35.5 Å². The molecule has 2 bridgehead atoms. The molecule has 0 spiro atoms. The van der Waals surface area contributed by atoms with Crippen molar-refractivity contribution < 1.29 is 4.79 Å². The van der Waals surface area contributed by atoms with Crippen molar-refractivity contribution in [3.05, 3.63) is 0 Å². The molecule has 1 nitrogen and oxygen atoms in total. The molecule has 0 amide bonds. The number of rotatable bonds is 3. The predicted molar refractivity (Wildman–Crippen MR) is 60.4 cm³/mol. The van der Waals surface area contributed by atoms with Crippen LogP contribution in [0.3, 0.4) is 0 Å². The first-order valence-corrected chi connectivity index (χ1v) is 6.73. The van der Waals surface area contributed by atoms with E-state index in [4.69, 9.17) is 0 Å². The van der Waals surface area contributed by atoms with Crippen LogP contribution in [-0.4, -0.2) is 6.29 Å². The van der Waals surface area contributed by atoms with Gasteiger partial charge in [-0.15, -0.1) is 0 Å². The van der Waals surface area contributed by atoms with E-state index in [1.807, 2.05) is 0 Å². The largest absolute Gasteiger partial charge is 0.303 e. The third-order valence-electron chi connectivity index (χ3n) is 5.42. The minimum atomic E-state index is 0.298. The van der Waals surface area contributed by atoms with Crippen molar-refractivity contribution >= 4 is 6.29 Å². The number of carbonyl (C=O) groups is 1. The molecule has 0 aromatic carbocycles. The van der Waals surface area contributed by atoms with Crippen LogP contribution < -0.4 is 0 Å². The van der Waals surface area contributed by atoms with Gasteiger partial charge in [0.15, 0.2) is 0 Å². The van der Waals surface area contributed by atoms with E-state index in [1.54, 1.807) is 6.42 Å². The summed E-state index contributed by atoms with van der Waals surface area (Å²) in [4.78, 5) is 10.7. The van der Waals surface area contributed by atoms with E-state index in [2.05, 4.69) is 6.92 Å². The molecular weight excluding hydrogens is 184 g/mol. The molecule has 3 fully saturated rings. The summed E-state index contributed by atoms with van der Waals surface area (Å²) in [6.45, 7) is 2.08. The first-order valence-electron chi connectivity index (χ1n) is 6.73. The topological polar surface area (TPSA) is 17.1 Å². The number of carbonyl (C=O) groups excluding carboxylic acids is 1. The minimum Gasteiger partial charge on any atom is -0.303 e. The number of hydrogen-bond acceptors (Lipinski definition) is 1. The van der Waals surface area contributed by atoms with Gasteiger partial charge in [-0.25, -0.2) is 0 Å². The van der Waals surface area contributed by atoms with Gasteiger partial charge in [-0.1, -0.05) is 6.92 Å². The normalized spacial score (nSPS) is 49.3. The van der Waals surface area contributed by atoms with Crippen molar-refractivity contribution in [3.8, 4) is 0 Å². The van der Waals surface area contributed by atoms with E-state index in [-0.39, 0.29) is 0 Å². The maximum Gasteiger partial charge on any atom is 0.122 e. The van der Waals surface area contributed by atoms with E-state index in [0.29, 0.717) is 5.92 Å². The Balaban J connectivity index is 1.62. The summed E-state index contributed by atoms with van der Waals surface area (Å²) in [6.07, 6.45) is 9.78. The number of aldehydes is 1. The van der Waals surface area contributed by atoms with Crippen LogP contribution in [0.15, 0.2) is 0 Å². The van der Waals surface area contributed by atoms with Gasteiger partial charge in [-0.3, -0.25) is 0 Å². The highest BCUT2D eigenvalue weighted by Crippen LogP contribution is 2.60. The second-order valence-electron chi connectivity index (χ2n) is 6.35. The summed E-state index contributed by atoms with van der Waals surface area (Å²) >= 11 is 0. The molecule has 0 saturated heterocycles. The quantitative estimate of drug-likeness (QED) is 0.648. The van der Waals surface area contributed by atoms with Gasteiger partial charge in [0.25, 0.3) is 0 Å². The fourth-order valence-corrected chi connectivity index (χ4v) is 4.90. The zero-order valence-electron chi connectivity index (χ0n) is 9.69. The molecule has 1 heteroatoms. The lowest BCUT2D eigenvalue weighted by molar-refractivity contribution is -0.111. The number of hydrogen-bond donors (Lipinski definition) is 0. The second kappa shape index (κ2) is 3.61. The maximum atomic E-state index is 10.7. The van der Waals surface area contributed by atoms with Gasteiger partial charge >= 0.3 is 0 Å². The van der Waals surface area contributed by atoms with Crippen molar-refractivity contribution in [3.63, 3.8) is 0 Å². The van der Waals surface area contributed by atoms with Gasteiger partial charge in [-0.2, -0.15) is 0 Å². The highest BCUT2D eigenvalue weighted by molar-refractivity contribution is 5.52. The van der Waals surface area contributed by atoms with Crippen molar-refractivity contribution in [1.82, 2.24) is 0 Å². The van der Waals surface area contributed by atoms with Gasteiger partial charge < -0.3 is 4.79 Å². The third-order valence-corrected chi connectivity index (χ3v) is 5.42. The molecule has 3 aliphatic rings. The monoisotopic (exact) mass is 206 g/mol. The lowest BCUT2D eigenvalue weighted by Gasteiger charge is -2.23. The Morgan fingerprint density at radius 2 is 1.73 bits per heavy atom. The molecule has 5 atom stereocenters. The molecule has 0 aromatic heterocycles. The first kappa shape index (κ1) is 9.86. The lowest BCUT2D eigenvalue weighted by atomic mass is 9.82. The van der Waals surface area contributed by atoms with Gasteiger partial charge in [-0.05, 0) is 68.1 Å². The van der Waals surface area contributed by atoms with E-state index < -0.39 is 0 Å². The van der Waals surface area contributed by atoms with Gasteiger partial charge in [0.2, 0.25) is 0 Å². The average Bonchev–Trinajstić information content (AvgIpc) is 2.87. The smallest absolute Gasteiger partial charge is 0.122 e. The lowest BCUT2D eigenvalue weighted by Crippen LogP contribution is -2.15. The SMILES string of the molecule is CC(C=O)CC1CC2C3CCC(C3)C2C1. The zero-order valence-corrected chi connectivity index (χ0v) is 9.69. The second-order valence-corrected chi connectivity index (χ2v) is 6.35. The predicted octanol–water partition coefficient (Wildman–Crippen LogP) is 3.28. The van der Waals surface area contributed by atoms with Crippen LogP contribution in [-0.2, 0) is 4.79 Å². The van der Waals surface area contributed by atoms with Gasteiger partial charge in [0, 0.05) is 5.92 Å². The van der Waals surface area contributed by atoms with Crippen LogP contribution >= 0.6 is 0 Å². The van der Waals surface area contributed by atoms with Gasteiger partial charge in [0.05, 0.1) is 0 Å². The standard InChI is InChI=1S/C14H22O/c1-9(8-15)4-10-5-13-11-2-3-12(7-11)14(13)6-10/h8-14H,2-7H2,1H3. The molecule has 0 aliphatic heterocycles. The molecule has 3 rings (SSSR count). The molecule has 0 N–H and O–H groups in total. The van der Waals surface area contributed by atoms with Crippen LogP contribution in [0.1, 0.15) is 45.4 Å². The molecule has 3 saturated carbocycles. The van der Waals surface area contributed by atoms with Crippen molar-refractivity contribution in [1.29, 1.82) is 0 Å². The molecule has 0 heterocycles. The summed E-state index contributed by atoms with van der Waals surface area (Å²) < 4.78 is 0. The molecular formula is C14H22O. The highest BCUT2D eigenvalue weighted by atomic mass is 16.1. The Labute approximate surface area is 92.6 Å². The third kappa shape index (κ3) is 1.55. The Morgan fingerprint density at radius 3 is 2.27 bits per heavy atom. The summed E-state index contributed by atoms with van der Waals surface area (Å²) in [6, 6.07) is 0. The van der Waals surface area contributed by atoms with Crippen LogP contribution in [0.5, 0.6) is 0 Å². The van der Waals surface area contributed by atoms with Crippen LogP contribution in [0.2, 0.25) is 0 Å². The Morgan fingerprint density at radius 1 is 1.13 bits per heavy atom. The van der Waals surface area contributed by atoms with E-state index in [0.717, 1.165) is 42.3 Å². The zero-order chi connectivity index (χ0) is 10.4. The first-order chi connectivity index (χ1) is 7.28. The summed E-state index contributed by atoms with van der Waals surface area (Å²) in [5.74, 6) is 5.46. The van der Waals surface area contributed by atoms with E-state index in [1.165, 1.54) is 25.7 Å². The van der Waals surface area contributed by atoms with Crippen molar-refractivity contribution in [2.45, 2.75) is 45.4 Å². The van der Waals surface area contributed by atoms with Crippen molar-refractivity contribution in [2.75, 3.05) is 0 Å². The van der Waals surface area contributed by atoms with Crippen LogP contribution in [0.4, 0.5) is 0 Å². The summed E-state index contributed by atoms with van der Waals surface area (Å²) in [7, 11) is 0. The summed E-state index contributed by atoms with van der Waals surface area (Å²) in [5.41, 5.74) is 0. The molecule has 0 radical (unpaired) electrons. The van der Waals surface area contributed by atoms with Gasteiger partial charge in [0.1, 0.15) is 6.29 Å². The molecule has 5 unspecified atom stereocenters. The molecule has 84 valence electrons. The molecule has 0 aromatic rings. The fraction of sp³-hybridized carbons (Fsp3) is 0.929. The van der Waals surface area contributed by atoms with Crippen LogP contribution in [0, 0.1) is 35.5 Å². The average molecular weight is 206 g/mol. The highest BCUT2D eigenvalue weighted by Gasteiger charge is 2.51. The van der Waals surface area contributed by atoms with Crippen LogP contribution in [0.25, 0.3) is 0 Å². The minimum absolute atomic E-state index is 0.298. The molecule has 3 aliphatic carbocycles. The molecule has 15 heavy (non-hydrogen) atoms. The Hall–Kier alpha value is -0.330. The number of fused-ring (bicyclic) bond motifs is 5. The fourth-order valence-electron chi connectivity index (χ4n) is 4.90. The van der Waals surface area contributed by atoms with E-state index >= 15 is 0 Å². The Kier molecular flexibility index (Phi) is 2.37. The Bertz CT molecular complexity index is 242. The maximum absolute atomic E-state index is 10.7. The summed E-state index contributed by atoms with van der Waals surface area (Å²) in [5, 5.41) is 0.